The predicted molar refractivity (Wildman–Crippen MR) is 98.5 cm³/mol. The molecule has 0 atom stereocenters. The maximum atomic E-state index is 13.8. The van der Waals surface area contributed by atoms with Gasteiger partial charge in [0, 0.05) is 48.8 Å². The molecule has 0 bridgehead atoms. The summed E-state index contributed by atoms with van der Waals surface area (Å²) in [5, 5.41) is 4.95. The molecular weight excluding hydrogens is 354 g/mol. The Hall–Kier alpha value is -2.38. The number of hydrogen-bond donors (Lipinski definition) is 1. The van der Waals surface area contributed by atoms with E-state index < -0.39 is 11.6 Å². The zero-order valence-corrected chi connectivity index (χ0v) is 15.1. The topological polar surface area (TPSA) is 41.1 Å². The van der Waals surface area contributed by atoms with E-state index in [-0.39, 0.29) is 5.69 Å². The first-order valence-corrected chi connectivity index (χ1v) is 9.28. The van der Waals surface area contributed by atoms with Gasteiger partial charge in [0.05, 0.1) is 11.4 Å². The number of benzene rings is 1. The third kappa shape index (κ3) is 3.59. The van der Waals surface area contributed by atoms with E-state index >= 15 is 0 Å². The molecule has 0 amide bonds. The van der Waals surface area contributed by atoms with Crippen LogP contribution in [0.4, 0.5) is 20.4 Å². The highest BCUT2D eigenvalue weighted by molar-refractivity contribution is 7.10. The molecule has 0 aliphatic carbocycles. The molecule has 1 aliphatic rings. The summed E-state index contributed by atoms with van der Waals surface area (Å²) in [5.41, 5.74) is 3.56. The lowest BCUT2D eigenvalue weighted by Crippen LogP contribution is -2.30. The molecule has 0 fully saturated rings. The number of halogens is 2. The second-order valence-electron chi connectivity index (χ2n) is 6.40. The van der Waals surface area contributed by atoms with Crippen LogP contribution in [0.5, 0.6) is 0 Å². The molecule has 0 saturated carbocycles. The number of thiophene rings is 1. The Morgan fingerprint density at radius 1 is 1.27 bits per heavy atom. The van der Waals surface area contributed by atoms with Gasteiger partial charge in [0.15, 0.2) is 0 Å². The summed E-state index contributed by atoms with van der Waals surface area (Å²) in [6.45, 7) is 4.80. The highest BCUT2D eigenvalue weighted by Gasteiger charge is 2.19. The van der Waals surface area contributed by atoms with Gasteiger partial charge in [-0.3, -0.25) is 4.90 Å². The SMILES string of the molecule is Cc1ccsc1CN1CCc2nc(Nc3ccc(F)cc3F)ncc2C1. The van der Waals surface area contributed by atoms with Crippen molar-refractivity contribution in [3.05, 3.63) is 69.2 Å². The zero-order valence-electron chi connectivity index (χ0n) is 14.3. The Kier molecular flexibility index (Phi) is 4.65. The molecule has 3 heterocycles. The summed E-state index contributed by atoms with van der Waals surface area (Å²) in [7, 11) is 0. The number of aryl methyl sites for hydroxylation is 1. The normalized spacial score (nSPS) is 14.3. The molecule has 0 unspecified atom stereocenters. The highest BCUT2D eigenvalue weighted by atomic mass is 32.1. The number of anilines is 2. The molecule has 26 heavy (non-hydrogen) atoms. The fraction of sp³-hybridized carbons (Fsp3) is 0.263. The molecule has 0 saturated heterocycles. The number of hydrogen-bond acceptors (Lipinski definition) is 5. The van der Waals surface area contributed by atoms with E-state index in [1.54, 1.807) is 17.5 Å². The lowest BCUT2D eigenvalue weighted by atomic mass is 10.1. The quantitative estimate of drug-likeness (QED) is 0.736. The van der Waals surface area contributed by atoms with E-state index in [0.717, 1.165) is 43.4 Å². The van der Waals surface area contributed by atoms with Gasteiger partial charge in [-0.1, -0.05) is 0 Å². The molecule has 0 radical (unpaired) electrons. The van der Waals surface area contributed by atoms with Gasteiger partial charge >= 0.3 is 0 Å². The van der Waals surface area contributed by atoms with E-state index in [4.69, 9.17) is 0 Å². The fourth-order valence-electron chi connectivity index (χ4n) is 3.05. The summed E-state index contributed by atoms with van der Waals surface area (Å²) in [5.74, 6) is -0.943. The first-order valence-electron chi connectivity index (χ1n) is 8.40. The minimum absolute atomic E-state index is 0.164. The minimum atomic E-state index is -0.663. The van der Waals surface area contributed by atoms with Gasteiger partial charge in [-0.05, 0) is 36.1 Å². The molecule has 1 N–H and O–H groups in total. The Morgan fingerprint density at radius 3 is 2.92 bits per heavy atom. The molecular formula is C19H18F2N4S. The lowest BCUT2D eigenvalue weighted by Gasteiger charge is -2.27. The minimum Gasteiger partial charge on any atom is -0.322 e. The summed E-state index contributed by atoms with van der Waals surface area (Å²) >= 11 is 1.79. The van der Waals surface area contributed by atoms with Crippen molar-refractivity contribution >= 4 is 23.0 Å². The van der Waals surface area contributed by atoms with Gasteiger partial charge in [0.1, 0.15) is 11.6 Å². The third-order valence-electron chi connectivity index (χ3n) is 4.53. The fourth-order valence-corrected chi connectivity index (χ4v) is 4.00. The van der Waals surface area contributed by atoms with Gasteiger partial charge in [-0.2, -0.15) is 0 Å². The van der Waals surface area contributed by atoms with Crippen LogP contribution < -0.4 is 5.32 Å². The standard InChI is InChI=1S/C19H18F2N4S/c1-12-5-7-26-18(12)11-25-6-4-16-13(10-25)9-22-19(23-16)24-17-3-2-14(20)8-15(17)21/h2-3,5,7-9H,4,6,10-11H2,1H3,(H,22,23,24). The first-order chi connectivity index (χ1) is 12.6. The molecule has 134 valence electrons. The summed E-state index contributed by atoms with van der Waals surface area (Å²) in [6, 6.07) is 5.53. The maximum Gasteiger partial charge on any atom is 0.227 e. The van der Waals surface area contributed by atoms with Gasteiger partial charge in [0.25, 0.3) is 0 Å². The molecule has 2 aromatic heterocycles. The monoisotopic (exact) mass is 372 g/mol. The van der Waals surface area contributed by atoms with Gasteiger partial charge < -0.3 is 5.32 Å². The number of aromatic nitrogens is 2. The molecule has 4 nitrogen and oxygen atoms in total. The largest absolute Gasteiger partial charge is 0.322 e. The van der Waals surface area contributed by atoms with Crippen LogP contribution in [-0.4, -0.2) is 21.4 Å². The van der Waals surface area contributed by atoms with Crippen molar-refractivity contribution in [2.24, 2.45) is 0 Å². The molecule has 7 heteroatoms. The smallest absolute Gasteiger partial charge is 0.227 e. The van der Waals surface area contributed by atoms with Crippen LogP contribution in [0.15, 0.2) is 35.8 Å². The highest BCUT2D eigenvalue weighted by Crippen LogP contribution is 2.24. The van der Waals surface area contributed by atoms with Crippen LogP contribution >= 0.6 is 11.3 Å². The van der Waals surface area contributed by atoms with E-state index in [9.17, 15) is 8.78 Å². The van der Waals surface area contributed by atoms with E-state index in [0.29, 0.717) is 5.95 Å². The lowest BCUT2D eigenvalue weighted by molar-refractivity contribution is 0.244. The summed E-state index contributed by atoms with van der Waals surface area (Å²) < 4.78 is 26.8. The van der Waals surface area contributed by atoms with Crippen LogP contribution in [-0.2, 0) is 19.5 Å². The Labute approximate surface area is 154 Å². The van der Waals surface area contributed by atoms with Crippen LogP contribution in [0.2, 0.25) is 0 Å². The molecule has 4 rings (SSSR count). The van der Waals surface area contributed by atoms with Crippen LogP contribution in [0.1, 0.15) is 21.7 Å². The summed E-state index contributed by atoms with van der Waals surface area (Å²) in [6.07, 6.45) is 2.61. The number of nitrogens with one attached hydrogen (secondary N) is 1. The molecule has 3 aromatic rings. The van der Waals surface area contributed by atoms with Crippen molar-refractivity contribution in [1.82, 2.24) is 14.9 Å². The third-order valence-corrected chi connectivity index (χ3v) is 5.53. The summed E-state index contributed by atoms with van der Waals surface area (Å²) in [4.78, 5) is 12.6. The van der Waals surface area contributed by atoms with Gasteiger partial charge in [-0.15, -0.1) is 11.3 Å². The Bertz CT molecular complexity index is 941. The van der Waals surface area contributed by atoms with Crippen molar-refractivity contribution in [1.29, 1.82) is 0 Å². The average Bonchev–Trinajstić information content (AvgIpc) is 3.02. The van der Waals surface area contributed by atoms with Gasteiger partial charge in [0.2, 0.25) is 5.95 Å². The van der Waals surface area contributed by atoms with Crippen LogP contribution in [0.3, 0.4) is 0 Å². The predicted octanol–water partition coefficient (Wildman–Crippen LogP) is 4.43. The Morgan fingerprint density at radius 2 is 2.15 bits per heavy atom. The van der Waals surface area contributed by atoms with Crippen molar-refractivity contribution in [2.75, 3.05) is 11.9 Å². The number of nitrogens with zero attached hydrogens (tertiary/aromatic N) is 3. The van der Waals surface area contributed by atoms with E-state index in [2.05, 4.69) is 38.6 Å². The van der Waals surface area contributed by atoms with Crippen molar-refractivity contribution in [3.63, 3.8) is 0 Å². The van der Waals surface area contributed by atoms with Crippen molar-refractivity contribution < 1.29 is 8.78 Å². The van der Waals surface area contributed by atoms with Gasteiger partial charge in [-0.25, -0.2) is 18.7 Å². The van der Waals surface area contributed by atoms with Crippen molar-refractivity contribution in [3.8, 4) is 0 Å². The second-order valence-corrected chi connectivity index (χ2v) is 7.40. The Balaban J connectivity index is 1.47. The number of fused-ring (bicyclic) bond motifs is 1. The van der Waals surface area contributed by atoms with Crippen molar-refractivity contribution in [2.45, 2.75) is 26.4 Å². The molecule has 0 spiro atoms. The van der Waals surface area contributed by atoms with Crippen LogP contribution in [0.25, 0.3) is 0 Å². The number of rotatable bonds is 4. The van der Waals surface area contributed by atoms with Crippen LogP contribution in [0, 0.1) is 18.6 Å². The first kappa shape index (κ1) is 17.1. The van der Waals surface area contributed by atoms with E-state index in [1.165, 1.54) is 22.6 Å². The average molecular weight is 372 g/mol. The molecule has 1 aromatic carbocycles. The zero-order chi connectivity index (χ0) is 18.1. The maximum absolute atomic E-state index is 13.8. The second kappa shape index (κ2) is 7.09. The molecule has 1 aliphatic heterocycles. The van der Waals surface area contributed by atoms with E-state index in [1.807, 2.05) is 0 Å².